The molecule has 3 amide bonds. The van der Waals surface area contributed by atoms with Gasteiger partial charge in [0.1, 0.15) is 11.8 Å². The lowest BCUT2D eigenvalue weighted by atomic mass is 9.70. The van der Waals surface area contributed by atoms with Crippen LogP contribution in [0.25, 0.3) is 0 Å². The van der Waals surface area contributed by atoms with Gasteiger partial charge >= 0.3 is 5.97 Å². The molecule has 0 heterocycles. The molecule has 0 radical (unpaired) electrons. The summed E-state index contributed by atoms with van der Waals surface area (Å²) in [7, 11) is 0. The van der Waals surface area contributed by atoms with E-state index in [0.717, 1.165) is 6.42 Å². The number of amides is 3. The highest BCUT2D eigenvalue weighted by Gasteiger charge is 2.32. The third-order valence-electron chi connectivity index (χ3n) is 7.32. The van der Waals surface area contributed by atoms with Crippen LogP contribution in [-0.2, 0) is 14.4 Å². The number of hydrogen-bond donors (Lipinski definition) is 6. The molecule has 0 aliphatic heterocycles. The molecule has 240 valence electrons. The topological polar surface area (TPSA) is 198 Å². The van der Waals surface area contributed by atoms with Crippen LogP contribution in [0.5, 0.6) is 5.75 Å². The Labute approximate surface area is 259 Å². The molecule has 12 nitrogen and oxygen atoms in total. The maximum absolute atomic E-state index is 13.0. The van der Waals surface area contributed by atoms with Crippen molar-refractivity contribution >= 4 is 41.0 Å². The summed E-state index contributed by atoms with van der Waals surface area (Å²) < 4.78 is 6.04. The molecule has 8 N–H and O–H groups in total. The molecule has 0 saturated heterocycles. The van der Waals surface area contributed by atoms with Crippen molar-refractivity contribution in [1.82, 2.24) is 10.6 Å². The van der Waals surface area contributed by atoms with E-state index in [9.17, 15) is 19.2 Å². The fourth-order valence-electron chi connectivity index (χ4n) is 4.54. The van der Waals surface area contributed by atoms with Gasteiger partial charge in [0.05, 0.1) is 18.8 Å². The van der Waals surface area contributed by atoms with E-state index in [-0.39, 0.29) is 35.2 Å². The number of aliphatic carboxylic acids is 1. The quantitative estimate of drug-likeness (QED) is 0.122. The molecule has 2 rings (SSSR count). The van der Waals surface area contributed by atoms with Gasteiger partial charge in [-0.15, -0.1) is 0 Å². The minimum absolute atomic E-state index is 0.0483. The monoisotopic (exact) mass is 610 g/mol. The first-order valence-electron chi connectivity index (χ1n) is 14.5. The Balaban J connectivity index is 1.97. The minimum Gasteiger partial charge on any atom is -0.493 e. The summed E-state index contributed by atoms with van der Waals surface area (Å²) in [6.45, 7) is 13.4. The number of carbonyl (C=O) groups is 4. The standard InChI is InChI=1S/C32H46N6O6/c1-20(2)32(5,6)18-31(3,4)19-44-24-12-10-22(11-13-24)36-29(43)25(14-15-27(40)41)38-26(39)17-35-28(42)21-8-7-9-23(16-21)37-30(33)34/h7-13,16,20,25H,14-15,17-19H2,1-6H3,(H,35,42)(H,36,43)(H,38,39)(H,40,41)(H4,33,34,37). The van der Waals surface area contributed by atoms with Crippen molar-refractivity contribution in [2.24, 2.45) is 33.2 Å². The number of ether oxygens (including phenoxy) is 1. The fourth-order valence-corrected chi connectivity index (χ4v) is 4.54. The highest BCUT2D eigenvalue weighted by Crippen LogP contribution is 2.39. The molecule has 44 heavy (non-hydrogen) atoms. The van der Waals surface area contributed by atoms with Crippen LogP contribution in [0.3, 0.4) is 0 Å². The summed E-state index contributed by atoms with van der Waals surface area (Å²) in [6.07, 6.45) is 0.494. The second kappa shape index (κ2) is 15.7. The average Bonchev–Trinajstić information content (AvgIpc) is 2.92. The lowest BCUT2D eigenvalue weighted by Gasteiger charge is -2.37. The van der Waals surface area contributed by atoms with Crippen molar-refractivity contribution in [1.29, 1.82) is 0 Å². The van der Waals surface area contributed by atoms with E-state index < -0.39 is 36.3 Å². The molecule has 12 heteroatoms. The largest absolute Gasteiger partial charge is 0.493 e. The molecule has 1 atom stereocenters. The highest BCUT2D eigenvalue weighted by molar-refractivity contribution is 6.00. The number of nitrogens with zero attached hydrogens (tertiary/aromatic N) is 1. The predicted molar refractivity (Wildman–Crippen MR) is 171 cm³/mol. The molecule has 0 fully saturated rings. The third-order valence-corrected chi connectivity index (χ3v) is 7.32. The molecular weight excluding hydrogens is 564 g/mol. The number of carboxylic acids is 1. The van der Waals surface area contributed by atoms with Crippen molar-refractivity contribution in [3.8, 4) is 5.75 Å². The summed E-state index contributed by atoms with van der Waals surface area (Å²) in [5.74, 6) is -1.93. The maximum Gasteiger partial charge on any atom is 0.303 e. The normalized spacial score (nSPS) is 12.2. The second-order valence-electron chi connectivity index (χ2n) is 12.6. The Morgan fingerprint density at radius 2 is 1.66 bits per heavy atom. The van der Waals surface area contributed by atoms with E-state index >= 15 is 0 Å². The van der Waals surface area contributed by atoms with Crippen molar-refractivity contribution in [2.75, 3.05) is 18.5 Å². The van der Waals surface area contributed by atoms with Crippen molar-refractivity contribution in [3.63, 3.8) is 0 Å². The number of nitrogens with one attached hydrogen (secondary N) is 3. The van der Waals surface area contributed by atoms with Crippen molar-refractivity contribution < 1.29 is 29.0 Å². The van der Waals surface area contributed by atoms with E-state index in [1.54, 1.807) is 36.4 Å². The van der Waals surface area contributed by atoms with Gasteiger partial charge < -0.3 is 37.3 Å². The Bertz CT molecular complexity index is 1330. The molecule has 0 saturated carbocycles. The summed E-state index contributed by atoms with van der Waals surface area (Å²) in [5, 5.41) is 16.8. The molecule has 2 aromatic carbocycles. The molecule has 0 bridgehead atoms. The summed E-state index contributed by atoms with van der Waals surface area (Å²) in [6, 6.07) is 11.8. The van der Waals surface area contributed by atoms with Gasteiger partial charge in [-0.05, 0) is 72.1 Å². The SMILES string of the molecule is CC(C)C(C)(C)CC(C)(C)COc1ccc(NC(=O)C(CCC(=O)O)NC(=O)CNC(=O)c2cccc(N=C(N)N)c2)cc1. The van der Waals surface area contributed by atoms with Gasteiger partial charge in [-0.25, -0.2) is 4.99 Å². The average molecular weight is 611 g/mol. The summed E-state index contributed by atoms with van der Waals surface area (Å²) in [4.78, 5) is 53.2. The number of guanidine groups is 1. The van der Waals surface area contributed by atoms with Crippen LogP contribution in [0.1, 0.15) is 71.2 Å². The number of nitrogens with two attached hydrogens (primary N) is 2. The number of carboxylic acid groups (broad SMARTS) is 1. The van der Waals surface area contributed by atoms with Crippen LogP contribution in [0.4, 0.5) is 11.4 Å². The van der Waals surface area contributed by atoms with Gasteiger partial charge in [-0.3, -0.25) is 19.2 Å². The van der Waals surface area contributed by atoms with Crippen LogP contribution < -0.4 is 32.2 Å². The lowest BCUT2D eigenvalue weighted by molar-refractivity contribution is -0.137. The van der Waals surface area contributed by atoms with Crippen LogP contribution >= 0.6 is 0 Å². The Morgan fingerprint density at radius 3 is 2.25 bits per heavy atom. The van der Waals surface area contributed by atoms with Crippen molar-refractivity contribution in [2.45, 2.75) is 66.8 Å². The van der Waals surface area contributed by atoms with Crippen molar-refractivity contribution in [3.05, 3.63) is 54.1 Å². The van der Waals surface area contributed by atoms with E-state index in [0.29, 0.717) is 29.6 Å². The molecule has 2 aromatic rings. The second-order valence-corrected chi connectivity index (χ2v) is 12.6. The van der Waals surface area contributed by atoms with E-state index in [1.165, 1.54) is 12.1 Å². The number of hydrogen-bond acceptors (Lipinski definition) is 6. The van der Waals surface area contributed by atoms with Gasteiger partial charge in [0.25, 0.3) is 5.91 Å². The number of carbonyl (C=O) groups excluding carboxylic acids is 3. The van der Waals surface area contributed by atoms with Crippen LogP contribution in [0.15, 0.2) is 53.5 Å². The zero-order chi connectivity index (χ0) is 33.1. The molecule has 0 aromatic heterocycles. The first-order chi connectivity index (χ1) is 20.5. The molecule has 0 spiro atoms. The maximum atomic E-state index is 13.0. The molecule has 0 aliphatic carbocycles. The third kappa shape index (κ3) is 12.3. The zero-order valence-corrected chi connectivity index (χ0v) is 26.4. The van der Waals surface area contributed by atoms with Gasteiger partial charge in [0, 0.05) is 17.7 Å². The van der Waals surface area contributed by atoms with Gasteiger partial charge in [0.2, 0.25) is 11.8 Å². The van der Waals surface area contributed by atoms with Crippen LogP contribution in [0.2, 0.25) is 0 Å². The van der Waals surface area contributed by atoms with E-state index in [2.05, 4.69) is 62.5 Å². The zero-order valence-electron chi connectivity index (χ0n) is 26.4. The van der Waals surface area contributed by atoms with Crippen LogP contribution in [0, 0.1) is 16.7 Å². The fraction of sp³-hybridized carbons (Fsp3) is 0.469. The molecular formula is C32H46N6O6. The van der Waals surface area contributed by atoms with E-state index in [1.807, 2.05) is 0 Å². The number of aliphatic imine (C=N–C) groups is 1. The molecule has 0 aliphatic rings. The highest BCUT2D eigenvalue weighted by atomic mass is 16.5. The molecule has 1 unspecified atom stereocenters. The number of rotatable bonds is 16. The van der Waals surface area contributed by atoms with E-state index in [4.69, 9.17) is 21.3 Å². The Kier molecular flexibility index (Phi) is 12.7. The van der Waals surface area contributed by atoms with Crippen LogP contribution in [-0.4, -0.2) is 54.0 Å². The smallest absolute Gasteiger partial charge is 0.303 e. The Morgan fingerprint density at radius 1 is 1.00 bits per heavy atom. The Hall–Kier alpha value is -4.61. The minimum atomic E-state index is -1.15. The first kappa shape index (κ1) is 35.6. The number of anilines is 1. The van der Waals surface area contributed by atoms with Gasteiger partial charge in [-0.1, -0.05) is 47.6 Å². The summed E-state index contributed by atoms with van der Waals surface area (Å²) in [5.41, 5.74) is 11.9. The lowest BCUT2D eigenvalue weighted by Crippen LogP contribution is -2.47. The first-order valence-corrected chi connectivity index (χ1v) is 14.5. The predicted octanol–water partition coefficient (Wildman–Crippen LogP) is 3.79. The van der Waals surface area contributed by atoms with Gasteiger partial charge in [0.15, 0.2) is 5.96 Å². The summed E-state index contributed by atoms with van der Waals surface area (Å²) >= 11 is 0. The van der Waals surface area contributed by atoms with Gasteiger partial charge in [-0.2, -0.15) is 0 Å². The number of benzene rings is 2.